The summed E-state index contributed by atoms with van der Waals surface area (Å²) in [5.74, 6) is -1.53. The molecule has 0 heterocycles. The average molecular weight is 371 g/mol. The second-order valence-corrected chi connectivity index (χ2v) is 6.90. The Balaban J connectivity index is 1.61. The van der Waals surface area contributed by atoms with E-state index in [1.165, 1.54) is 24.3 Å². The zero-order valence-electron chi connectivity index (χ0n) is 14.9. The summed E-state index contributed by atoms with van der Waals surface area (Å²) in [6.07, 6.45) is 1.94. The molecule has 1 unspecified atom stereocenters. The van der Waals surface area contributed by atoms with E-state index in [1.54, 1.807) is 0 Å². The van der Waals surface area contributed by atoms with Gasteiger partial charge < -0.3 is 15.2 Å². The molecule has 0 radical (unpaired) electrons. The lowest BCUT2D eigenvalue weighted by molar-refractivity contribution is -0.145. The monoisotopic (exact) mass is 371 g/mol. The lowest BCUT2D eigenvalue weighted by atomic mass is 9.64. The van der Waals surface area contributed by atoms with Crippen LogP contribution in [0.1, 0.15) is 24.8 Å². The maximum Gasteiger partial charge on any atom is 0.346 e. The van der Waals surface area contributed by atoms with Crippen LogP contribution in [0.5, 0.6) is 5.75 Å². The molecule has 0 aromatic heterocycles. The third-order valence-electron chi connectivity index (χ3n) is 4.99. The molecule has 27 heavy (non-hydrogen) atoms. The highest BCUT2D eigenvalue weighted by molar-refractivity contribution is 5.84. The minimum Gasteiger partial charge on any atom is -0.478 e. The SMILES string of the molecule is O=C(O)C(CNC(=O)C1(Cc2ccccc2)CCC1)Oc1ccc(F)cc1. The second kappa shape index (κ2) is 8.20. The van der Waals surface area contributed by atoms with E-state index in [4.69, 9.17) is 4.74 Å². The molecule has 1 atom stereocenters. The average Bonchev–Trinajstić information content (AvgIpc) is 2.63. The number of halogens is 1. The highest BCUT2D eigenvalue weighted by atomic mass is 19.1. The molecule has 0 spiro atoms. The van der Waals surface area contributed by atoms with Gasteiger partial charge >= 0.3 is 5.97 Å². The van der Waals surface area contributed by atoms with Gasteiger partial charge in [-0.15, -0.1) is 0 Å². The largest absolute Gasteiger partial charge is 0.478 e. The number of rotatable bonds is 8. The molecule has 0 aliphatic heterocycles. The van der Waals surface area contributed by atoms with Gasteiger partial charge in [0.15, 0.2) is 0 Å². The summed E-state index contributed by atoms with van der Waals surface area (Å²) in [6, 6.07) is 14.9. The molecule has 5 nitrogen and oxygen atoms in total. The fourth-order valence-electron chi connectivity index (χ4n) is 3.30. The highest BCUT2D eigenvalue weighted by Crippen LogP contribution is 2.44. The van der Waals surface area contributed by atoms with Crippen molar-refractivity contribution in [2.75, 3.05) is 6.54 Å². The van der Waals surface area contributed by atoms with Crippen LogP contribution in [0, 0.1) is 11.2 Å². The van der Waals surface area contributed by atoms with E-state index >= 15 is 0 Å². The van der Waals surface area contributed by atoms with Crippen LogP contribution in [-0.2, 0) is 16.0 Å². The summed E-state index contributed by atoms with van der Waals surface area (Å²) in [5, 5.41) is 12.1. The highest BCUT2D eigenvalue weighted by Gasteiger charge is 2.44. The van der Waals surface area contributed by atoms with Gasteiger partial charge in [0.1, 0.15) is 11.6 Å². The van der Waals surface area contributed by atoms with Crippen molar-refractivity contribution in [3.05, 3.63) is 66.0 Å². The lowest BCUT2D eigenvalue weighted by Crippen LogP contribution is -2.50. The van der Waals surface area contributed by atoms with Crippen molar-refractivity contribution in [2.24, 2.45) is 5.41 Å². The number of benzene rings is 2. The molecule has 6 heteroatoms. The van der Waals surface area contributed by atoms with E-state index in [9.17, 15) is 19.1 Å². The van der Waals surface area contributed by atoms with Crippen LogP contribution in [0.2, 0.25) is 0 Å². The number of hydrogen-bond acceptors (Lipinski definition) is 3. The number of hydrogen-bond donors (Lipinski definition) is 2. The Hall–Kier alpha value is -2.89. The van der Waals surface area contributed by atoms with Crippen LogP contribution in [-0.4, -0.2) is 29.6 Å². The maximum atomic E-state index is 13.0. The van der Waals surface area contributed by atoms with E-state index in [-0.39, 0.29) is 18.2 Å². The molecule has 1 fully saturated rings. The molecule has 0 saturated heterocycles. The molecule has 0 bridgehead atoms. The fourth-order valence-corrected chi connectivity index (χ4v) is 3.30. The number of carboxylic acid groups (broad SMARTS) is 1. The minimum absolute atomic E-state index is 0.147. The van der Waals surface area contributed by atoms with Crippen molar-refractivity contribution in [1.82, 2.24) is 5.32 Å². The van der Waals surface area contributed by atoms with Crippen molar-refractivity contribution in [3.8, 4) is 5.75 Å². The number of nitrogens with one attached hydrogen (secondary N) is 1. The summed E-state index contributed by atoms with van der Waals surface area (Å²) in [6.45, 7) is -0.151. The number of ether oxygens (including phenoxy) is 1. The third kappa shape index (κ3) is 4.64. The second-order valence-electron chi connectivity index (χ2n) is 6.90. The fraction of sp³-hybridized carbons (Fsp3) is 0.333. The van der Waals surface area contributed by atoms with Crippen LogP contribution in [0.15, 0.2) is 54.6 Å². The molecular formula is C21H22FNO4. The summed E-state index contributed by atoms with van der Waals surface area (Å²) in [5.41, 5.74) is 0.602. The summed E-state index contributed by atoms with van der Waals surface area (Å²) >= 11 is 0. The molecular weight excluding hydrogens is 349 g/mol. The normalized spacial score (nSPS) is 16.0. The first-order valence-electron chi connectivity index (χ1n) is 8.96. The zero-order chi connectivity index (χ0) is 19.3. The van der Waals surface area contributed by atoms with Gasteiger partial charge in [-0.1, -0.05) is 36.8 Å². The first kappa shape index (κ1) is 18.9. The Morgan fingerprint density at radius 1 is 1.11 bits per heavy atom. The Labute approximate surface area is 157 Å². The Morgan fingerprint density at radius 3 is 2.33 bits per heavy atom. The van der Waals surface area contributed by atoms with Crippen molar-refractivity contribution in [2.45, 2.75) is 31.8 Å². The Kier molecular flexibility index (Phi) is 5.74. The van der Waals surface area contributed by atoms with Crippen molar-refractivity contribution < 1.29 is 23.8 Å². The predicted octanol–water partition coefficient (Wildman–Crippen LogP) is 3.19. The van der Waals surface area contributed by atoms with Crippen LogP contribution in [0.4, 0.5) is 4.39 Å². The van der Waals surface area contributed by atoms with Crippen LogP contribution in [0.3, 0.4) is 0 Å². The molecule has 2 N–H and O–H groups in total. The van der Waals surface area contributed by atoms with Crippen LogP contribution in [0.25, 0.3) is 0 Å². The van der Waals surface area contributed by atoms with Crippen LogP contribution >= 0.6 is 0 Å². The number of carbonyl (C=O) groups is 2. The van der Waals surface area contributed by atoms with Gasteiger partial charge in [-0.05, 0) is 49.1 Å². The Morgan fingerprint density at radius 2 is 1.78 bits per heavy atom. The third-order valence-corrected chi connectivity index (χ3v) is 4.99. The van der Waals surface area contributed by atoms with Crippen LogP contribution < -0.4 is 10.1 Å². The van der Waals surface area contributed by atoms with Crippen molar-refractivity contribution >= 4 is 11.9 Å². The quantitative estimate of drug-likeness (QED) is 0.747. The standard InChI is InChI=1S/C21H22FNO4/c22-16-7-9-17(10-8-16)27-18(19(24)25)14-23-20(26)21(11-4-12-21)13-15-5-2-1-3-6-15/h1-3,5-10,18H,4,11-14H2,(H,23,26)(H,24,25). The molecule has 1 aliphatic rings. The molecule has 2 aromatic rings. The maximum absolute atomic E-state index is 13.0. The zero-order valence-corrected chi connectivity index (χ0v) is 14.9. The molecule has 1 amide bonds. The smallest absolute Gasteiger partial charge is 0.346 e. The Bertz CT molecular complexity index is 788. The lowest BCUT2D eigenvalue weighted by Gasteiger charge is -2.40. The van der Waals surface area contributed by atoms with Gasteiger partial charge in [0.25, 0.3) is 0 Å². The molecule has 1 aliphatic carbocycles. The van der Waals surface area contributed by atoms with E-state index < -0.39 is 23.3 Å². The topological polar surface area (TPSA) is 75.6 Å². The van der Waals surface area contributed by atoms with Gasteiger partial charge in [-0.3, -0.25) is 4.79 Å². The van der Waals surface area contributed by atoms with Gasteiger partial charge in [-0.2, -0.15) is 0 Å². The van der Waals surface area contributed by atoms with Gasteiger partial charge in [0, 0.05) is 0 Å². The van der Waals surface area contributed by atoms with E-state index in [1.807, 2.05) is 30.3 Å². The number of carbonyl (C=O) groups excluding carboxylic acids is 1. The van der Waals surface area contributed by atoms with Gasteiger partial charge in [0.05, 0.1) is 12.0 Å². The first-order chi connectivity index (χ1) is 13.0. The van der Waals surface area contributed by atoms with Gasteiger partial charge in [-0.25, -0.2) is 9.18 Å². The molecule has 3 rings (SSSR count). The van der Waals surface area contributed by atoms with Crippen molar-refractivity contribution in [3.63, 3.8) is 0 Å². The summed E-state index contributed by atoms with van der Waals surface area (Å²) in [7, 11) is 0. The molecule has 142 valence electrons. The number of amides is 1. The summed E-state index contributed by atoms with van der Waals surface area (Å²) < 4.78 is 18.3. The van der Waals surface area contributed by atoms with Gasteiger partial charge in [0.2, 0.25) is 12.0 Å². The predicted molar refractivity (Wildman–Crippen MR) is 97.9 cm³/mol. The molecule has 2 aromatic carbocycles. The first-order valence-corrected chi connectivity index (χ1v) is 8.96. The number of aliphatic carboxylic acids is 1. The molecule has 1 saturated carbocycles. The summed E-state index contributed by atoms with van der Waals surface area (Å²) in [4.78, 5) is 24.2. The van der Waals surface area contributed by atoms with Crippen molar-refractivity contribution in [1.29, 1.82) is 0 Å². The number of carboxylic acids is 1. The van der Waals surface area contributed by atoms with E-state index in [0.29, 0.717) is 6.42 Å². The van der Waals surface area contributed by atoms with E-state index in [2.05, 4.69) is 5.32 Å². The minimum atomic E-state index is -1.24. The van der Waals surface area contributed by atoms with E-state index in [0.717, 1.165) is 24.8 Å².